The van der Waals surface area contributed by atoms with E-state index in [1.807, 2.05) is 71.8 Å². The molecule has 0 spiro atoms. The third-order valence-corrected chi connectivity index (χ3v) is 12.1. The summed E-state index contributed by atoms with van der Waals surface area (Å²) in [6, 6.07) is 4.56. The van der Waals surface area contributed by atoms with E-state index in [0.29, 0.717) is 24.1 Å². The summed E-state index contributed by atoms with van der Waals surface area (Å²) in [6.07, 6.45) is -0.731. The number of carbonyl (C=O) groups excluding carboxylic acids is 3. The van der Waals surface area contributed by atoms with Gasteiger partial charge in [-0.05, 0) is 72.8 Å². The molecule has 5 rings (SSSR count). The van der Waals surface area contributed by atoms with E-state index in [2.05, 4.69) is 32.3 Å². The van der Waals surface area contributed by atoms with E-state index in [9.17, 15) is 19.5 Å². The lowest BCUT2D eigenvalue weighted by Crippen LogP contribution is -2.59. The molecule has 0 saturated carbocycles. The Morgan fingerprint density at radius 1 is 1.05 bits per heavy atom. The van der Waals surface area contributed by atoms with E-state index in [-0.39, 0.29) is 25.2 Å². The van der Waals surface area contributed by atoms with Crippen molar-refractivity contribution in [3.63, 3.8) is 0 Å². The van der Waals surface area contributed by atoms with Gasteiger partial charge < -0.3 is 43.8 Å². The SMILES string of the molecule is CC[C@@H]1OC(=O)[C@H](C)C(=O)[C@H](C)[C@@H](OC2O[C@H](C)C[C@H](N(C)C)[C@H]2O)C[C@@](C)(OCC#Cc2ccc3nccnc3c2)[C@@H](C)/C(=N\OC)[C@@H](C)C2NC(=O)O[C@@]21C. The second kappa shape index (κ2) is 18.2. The first-order chi connectivity index (χ1) is 26.9. The quantitative estimate of drug-likeness (QED) is 0.176. The highest BCUT2D eigenvalue weighted by Gasteiger charge is 2.57. The third-order valence-electron chi connectivity index (χ3n) is 12.1. The van der Waals surface area contributed by atoms with Gasteiger partial charge >= 0.3 is 12.1 Å². The Hall–Kier alpha value is -4.20. The lowest BCUT2D eigenvalue weighted by molar-refractivity contribution is -0.277. The minimum absolute atomic E-state index is 0.0348. The van der Waals surface area contributed by atoms with Crippen LogP contribution in [0.3, 0.4) is 0 Å². The summed E-state index contributed by atoms with van der Waals surface area (Å²) in [7, 11) is 5.20. The van der Waals surface area contributed by atoms with Crippen molar-refractivity contribution >= 4 is 34.6 Å². The van der Waals surface area contributed by atoms with Crippen LogP contribution in [0.15, 0.2) is 35.7 Å². The first-order valence-corrected chi connectivity index (χ1v) is 19.8. The van der Waals surface area contributed by atoms with E-state index < -0.39 is 83.4 Å². The highest BCUT2D eigenvalue weighted by molar-refractivity contribution is 6.00. The summed E-state index contributed by atoms with van der Waals surface area (Å²) < 4.78 is 31.6. The number of rotatable bonds is 7. The summed E-state index contributed by atoms with van der Waals surface area (Å²) >= 11 is 0. The largest absolute Gasteiger partial charge is 0.458 e. The topological polar surface area (TPSA) is 180 Å². The maximum Gasteiger partial charge on any atom is 0.408 e. The average molecular weight is 794 g/mol. The van der Waals surface area contributed by atoms with Crippen LogP contribution >= 0.6 is 0 Å². The second-order valence-corrected chi connectivity index (χ2v) is 16.3. The molecule has 3 saturated heterocycles. The smallest absolute Gasteiger partial charge is 0.408 e. The fourth-order valence-electron chi connectivity index (χ4n) is 8.45. The van der Waals surface area contributed by atoms with Gasteiger partial charge in [-0.25, -0.2) is 4.79 Å². The zero-order chi connectivity index (χ0) is 41.8. The minimum Gasteiger partial charge on any atom is -0.458 e. The fraction of sp³-hybridized carbons (Fsp3) is 0.667. The van der Waals surface area contributed by atoms with E-state index >= 15 is 0 Å². The van der Waals surface area contributed by atoms with Crippen LogP contribution in [0.2, 0.25) is 0 Å². The molecule has 2 aromatic rings. The molecule has 1 aromatic carbocycles. The number of cyclic esters (lactones) is 1. The van der Waals surface area contributed by atoms with Gasteiger partial charge in [0.25, 0.3) is 0 Å². The van der Waals surface area contributed by atoms with Crippen LogP contribution in [0.5, 0.6) is 0 Å². The van der Waals surface area contributed by atoms with Gasteiger partial charge in [0.2, 0.25) is 0 Å². The lowest BCUT2D eigenvalue weighted by Gasteiger charge is -2.46. The molecular weight excluding hydrogens is 734 g/mol. The fourth-order valence-corrected chi connectivity index (χ4v) is 8.45. The van der Waals surface area contributed by atoms with Gasteiger partial charge in [0.1, 0.15) is 31.8 Å². The molecule has 15 heteroatoms. The average Bonchev–Trinajstić information content (AvgIpc) is 3.50. The number of aromatic nitrogens is 2. The summed E-state index contributed by atoms with van der Waals surface area (Å²) in [5.41, 5.74) is 0.185. The maximum absolute atomic E-state index is 14.4. The monoisotopic (exact) mass is 793 g/mol. The molecule has 0 bridgehead atoms. The molecule has 0 radical (unpaired) electrons. The Morgan fingerprint density at radius 3 is 2.42 bits per heavy atom. The third kappa shape index (κ3) is 9.42. The maximum atomic E-state index is 14.4. The van der Waals surface area contributed by atoms with E-state index in [1.54, 1.807) is 26.2 Å². The number of aliphatic hydroxyl groups is 1. The molecule has 4 heterocycles. The number of amides is 1. The Bertz CT molecular complexity index is 1860. The lowest BCUT2D eigenvalue weighted by atomic mass is 9.72. The summed E-state index contributed by atoms with van der Waals surface area (Å²) in [4.78, 5) is 57.3. The van der Waals surface area contributed by atoms with Crippen LogP contribution in [0, 0.1) is 35.5 Å². The van der Waals surface area contributed by atoms with Crippen molar-refractivity contribution < 1.29 is 48.0 Å². The van der Waals surface area contributed by atoms with Crippen molar-refractivity contribution in [1.82, 2.24) is 20.2 Å². The van der Waals surface area contributed by atoms with Crippen LogP contribution < -0.4 is 5.32 Å². The summed E-state index contributed by atoms with van der Waals surface area (Å²) in [5, 5.41) is 19.0. The van der Waals surface area contributed by atoms with Crippen molar-refractivity contribution in [2.75, 3.05) is 27.8 Å². The number of carbonyl (C=O) groups is 3. The molecular formula is C42H59N5O10. The Kier molecular flexibility index (Phi) is 14.0. The number of nitrogens with zero attached hydrogens (tertiary/aromatic N) is 4. The molecule has 3 aliphatic heterocycles. The number of oxime groups is 1. The van der Waals surface area contributed by atoms with Gasteiger partial charge in [0.15, 0.2) is 17.7 Å². The number of fused-ring (bicyclic) bond motifs is 2. The van der Waals surface area contributed by atoms with Crippen molar-refractivity contribution in [1.29, 1.82) is 0 Å². The van der Waals surface area contributed by atoms with Crippen LogP contribution in [-0.4, -0.2) is 125 Å². The standard InChI is InChI=1S/C42H59N5O10/c1-12-33-42(8)37(45-40(51)57-42)25(4)34(46-52-11)27(6)41(7,53-19-13-14-28-15-16-29-30(21-28)44-18-17-43-29)22-32(24(3)35(48)26(5)38(50)56-33)55-39-36(49)31(47(9)10)20-23(2)54-39/h15-18,21,23-27,31-33,36-37,39,49H,12,19-20,22H2,1-11H3,(H,45,51)/b46-34-/t23-,24-,25-,26-,27+,31+,32+,33+,36-,37?,39?,41-,42-/m1/s1. The molecule has 312 valence electrons. The predicted molar refractivity (Wildman–Crippen MR) is 211 cm³/mol. The molecule has 1 amide bonds. The Labute approximate surface area is 335 Å². The number of benzene rings is 1. The van der Waals surface area contributed by atoms with E-state index in [4.69, 9.17) is 28.5 Å². The number of Topliss-reactive ketones (excluding diaryl/α,β-unsaturated/α-hetero) is 1. The van der Waals surface area contributed by atoms with E-state index in [1.165, 1.54) is 14.0 Å². The van der Waals surface area contributed by atoms with Gasteiger partial charge in [-0.3, -0.25) is 19.6 Å². The molecule has 3 aliphatic rings. The number of aliphatic hydroxyl groups excluding tert-OH is 1. The van der Waals surface area contributed by atoms with E-state index in [0.717, 1.165) is 11.1 Å². The van der Waals surface area contributed by atoms with Crippen molar-refractivity contribution in [3.8, 4) is 11.8 Å². The number of alkyl carbamates (subject to hydrolysis) is 1. The van der Waals surface area contributed by atoms with Crippen LogP contribution in [0.1, 0.15) is 80.2 Å². The molecule has 1 aromatic heterocycles. The normalized spacial score (nSPS) is 37.4. The first-order valence-electron chi connectivity index (χ1n) is 19.8. The summed E-state index contributed by atoms with van der Waals surface area (Å²) in [5.74, 6) is 1.90. The molecule has 2 N–H and O–H groups in total. The number of likely N-dealkylation sites (N-methyl/N-ethyl adjacent to an activating group) is 1. The van der Waals surface area contributed by atoms with Gasteiger partial charge in [0, 0.05) is 48.2 Å². The molecule has 15 nitrogen and oxygen atoms in total. The molecule has 57 heavy (non-hydrogen) atoms. The number of nitrogens with one attached hydrogen (secondary N) is 1. The van der Waals surface area contributed by atoms with Gasteiger partial charge in [-0.2, -0.15) is 0 Å². The zero-order valence-electron chi connectivity index (χ0n) is 35.0. The van der Waals surface area contributed by atoms with Crippen LogP contribution in [0.25, 0.3) is 11.0 Å². The van der Waals surface area contributed by atoms with Gasteiger partial charge in [-0.1, -0.05) is 44.7 Å². The zero-order valence-corrected chi connectivity index (χ0v) is 35.0. The second-order valence-electron chi connectivity index (χ2n) is 16.3. The number of hydrogen-bond donors (Lipinski definition) is 2. The molecule has 13 atom stereocenters. The molecule has 3 fully saturated rings. The summed E-state index contributed by atoms with van der Waals surface area (Å²) in [6.45, 7) is 14.3. The first kappa shape index (κ1) is 43.9. The highest BCUT2D eigenvalue weighted by atomic mass is 16.7. The minimum atomic E-state index is -1.33. The number of hydrogen-bond acceptors (Lipinski definition) is 14. The number of esters is 1. The van der Waals surface area contributed by atoms with Crippen LogP contribution in [0.4, 0.5) is 4.79 Å². The molecule has 0 aliphatic carbocycles. The molecule has 2 unspecified atom stereocenters. The number of ether oxygens (including phenoxy) is 5. The highest BCUT2D eigenvalue weighted by Crippen LogP contribution is 2.41. The van der Waals surface area contributed by atoms with Gasteiger partial charge in [-0.15, -0.1) is 0 Å². The van der Waals surface area contributed by atoms with Gasteiger partial charge in [0.05, 0.1) is 40.6 Å². The van der Waals surface area contributed by atoms with Crippen molar-refractivity contribution in [2.24, 2.45) is 28.8 Å². The van der Waals surface area contributed by atoms with Crippen LogP contribution in [-0.2, 0) is 38.1 Å². The Morgan fingerprint density at radius 2 is 1.75 bits per heavy atom. The Balaban J connectivity index is 1.60. The van der Waals surface area contributed by atoms with Crippen molar-refractivity contribution in [3.05, 3.63) is 36.2 Å². The number of ketones is 1. The predicted octanol–water partition coefficient (Wildman–Crippen LogP) is 4.28. The van der Waals surface area contributed by atoms with Crippen molar-refractivity contribution in [2.45, 2.75) is 129 Å².